The molecule has 8 heteroatoms. The molecule has 0 saturated carbocycles. The minimum atomic E-state index is -0.584. The maximum Gasteiger partial charge on any atom is 0.322 e. The van der Waals surface area contributed by atoms with E-state index in [-0.39, 0.29) is 16.6 Å². The van der Waals surface area contributed by atoms with Gasteiger partial charge in [0.05, 0.1) is 27.7 Å². The third-order valence-electron chi connectivity index (χ3n) is 6.34. The Kier molecular flexibility index (Phi) is 7.40. The van der Waals surface area contributed by atoms with Gasteiger partial charge in [0.2, 0.25) is 0 Å². The number of anilines is 1. The van der Waals surface area contributed by atoms with Crippen LogP contribution in [0.5, 0.6) is 0 Å². The quantitative estimate of drug-likeness (QED) is 0.312. The number of halogens is 2. The van der Waals surface area contributed by atoms with Gasteiger partial charge in [-0.05, 0) is 68.7 Å². The molecule has 0 aliphatic rings. The topological polar surface area (TPSA) is 67.2 Å². The summed E-state index contributed by atoms with van der Waals surface area (Å²) >= 11 is 6.07. The normalized spacial score (nSPS) is 11.9. The lowest BCUT2D eigenvalue weighted by Gasteiger charge is -2.32. The van der Waals surface area contributed by atoms with E-state index in [1.807, 2.05) is 52.0 Å². The fourth-order valence-electron chi connectivity index (χ4n) is 4.49. The number of hydrogen-bond acceptors (Lipinski definition) is 3. The fraction of sp³-hybridized carbons (Fsp3) is 0.250. The standard InChI is InChI=1S/C28H28ClFN4O2/c1-5-24(33(6-2)28(36)32-25-17(3)10-9-11-18(25)4)26-31-23-13-8-7-12-20(23)27(35)34(26)19-14-15-22(30)21(29)16-19/h7-16,24H,5-6H2,1-4H3,(H,32,36). The molecule has 0 bridgehead atoms. The minimum Gasteiger partial charge on any atom is -0.315 e. The Bertz CT molecular complexity index is 1480. The summed E-state index contributed by atoms with van der Waals surface area (Å²) in [6.45, 7) is 8.07. The van der Waals surface area contributed by atoms with Gasteiger partial charge in [-0.3, -0.25) is 9.36 Å². The van der Waals surface area contributed by atoms with Crippen LogP contribution in [0.3, 0.4) is 0 Å². The van der Waals surface area contributed by atoms with Gasteiger partial charge in [-0.1, -0.05) is 48.9 Å². The summed E-state index contributed by atoms with van der Waals surface area (Å²) < 4.78 is 15.4. The van der Waals surface area contributed by atoms with Crippen LogP contribution in [-0.2, 0) is 0 Å². The summed E-state index contributed by atoms with van der Waals surface area (Å²) in [5, 5.41) is 3.35. The van der Waals surface area contributed by atoms with Crippen LogP contribution in [0, 0.1) is 19.7 Å². The summed E-state index contributed by atoms with van der Waals surface area (Å²) in [5.41, 5.74) is 3.24. The Morgan fingerprint density at radius 2 is 1.78 bits per heavy atom. The molecule has 6 nitrogen and oxygen atoms in total. The van der Waals surface area contributed by atoms with Crippen molar-refractivity contribution in [1.82, 2.24) is 14.5 Å². The summed E-state index contributed by atoms with van der Waals surface area (Å²) in [6.07, 6.45) is 0.494. The van der Waals surface area contributed by atoms with Gasteiger partial charge in [0.15, 0.2) is 0 Å². The van der Waals surface area contributed by atoms with Crippen molar-refractivity contribution in [3.05, 3.63) is 98.8 Å². The number of urea groups is 1. The van der Waals surface area contributed by atoms with Crippen LogP contribution in [0.15, 0.2) is 65.5 Å². The fourth-order valence-corrected chi connectivity index (χ4v) is 4.66. The number of carbonyl (C=O) groups is 1. The van der Waals surface area contributed by atoms with Gasteiger partial charge in [-0.15, -0.1) is 0 Å². The number of amides is 2. The largest absolute Gasteiger partial charge is 0.322 e. The summed E-state index contributed by atoms with van der Waals surface area (Å²) in [4.78, 5) is 33.7. The number of nitrogens with zero attached hydrogens (tertiary/aromatic N) is 3. The Labute approximate surface area is 214 Å². The van der Waals surface area contributed by atoms with E-state index < -0.39 is 11.9 Å². The van der Waals surface area contributed by atoms with Crippen LogP contribution >= 0.6 is 11.6 Å². The third kappa shape index (κ3) is 4.71. The lowest BCUT2D eigenvalue weighted by Crippen LogP contribution is -2.41. The van der Waals surface area contributed by atoms with Crippen molar-refractivity contribution in [3.8, 4) is 5.69 Å². The third-order valence-corrected chi connectivity index (χ3v) is 6.63. The Hall–Kier alpha value is -3.71. The number of carbonyl (C=O) groups excluding carboxylic acids is 1. The van der Waals surface area contributed by atoms with E-state index in [9.17, 15) is 14.0 Å². The molecule has 186 valence electrons. The van der Waals surface area contributed by atoms with Crippen molar-refractivity contribution >= 4 is 34.2 Å². The molecule has 3 aromatic carbocycles. The van der Waals surface area contributed by atoms with Gasteiger partial charge in [-0.2, -0.15) is 0 Å². The van der Waals surface area contributed by atoms with Gasteiger partial charge in [0.1, 0.15) is 11.6 Å². The molecule has 2 amide bonds. The zero-order valence-corrected chi connectivity index (χ0v) is 21.4. The van der Waals surface area contributed by atoms with Gasteiger partial charge in [0.25, 0.3) is 5.56 Å². The monoisotopic (exact) mass is 506 g/mol. The highest BCUT2D eigenvalue weighted by Crippen LogP contribution is 2.29. The van der Waals surface area contributed by atoms with Crippen LogP contribution < -0.4 is 10.9 Å². The molecule has 0 saturated heterocycles. The molecule has 1 aromatic heterocycles. The van der Waals surface area contributed by atoms with E-state index in [0.29, 0.717) is 35.4 Å². The van der Waals surface area contributed by atoms with Crippen molar-refractivity contribution in [2.45, 2.75) is 40.2 Å². The second-order valence-electron chi connectivity index (χ2n) is 8.63. The molecule has 0 aliphatic heterocycles. The van der Waals surface area contributed by atoms with Crippen molar-refractivity contribution in [2.24, 2.45) is 0 Å². The SMILES string of the molecule is CCC(c1nc2ccccc2c(=O)n1-c1ccc(F)c(Cl)c1)N(CC)C(=O)Nc1c(C)cccc1C. The number of rotatable bonds is 6. The number of aromatic nitrogens is 2. The van der Waals surface area contributed by atoms with Crippen LogP contribution in [0.25, 0.3) is 16.6 Å². The van der Waals surface area contributed by atoms with E-state index in [2.05, 4.69) is 5.32 Å². The first-order valence-corrected chi connectivity index (χ1v) is 12.3. The second kappa shape index (κ2) is 10.5. The summed E-state index contributed by atoms with van der Waals surface area (Å²) in [5.74, 6) is -0.207. The first-order valence-electron chi connectivity index (χ1n) is 11.9. The van der Waals surface area contributed by atoms with Crippen LogP contribution in [0.2, 0.25) is 5.02 Å². The Morgan fingerprint density at radius 1 is 1.08 bits per heavy atom. The number of aryl methyl sites for hydroxylation is 2. The first kappa shape index (κ1) is 25.4. The lowest BCUT2D eigenvalue weighted by atomic mass is 10.1. The molecule has 36 heavy (non-hydrogen) atoms. The maximum atomic E-state index is 14.0. The van der Waals surface area contributed by atoms with Crippen molar-refractivity contribution in [1.29, 1.82) is 0 Å². The average Bonchev–Trinajstić information content (AvgIpc) is 2.86. The molecule has 0 radical (unpaired) electrons. The van der Waals surface area contributed by atoms with Gasteiger partial charge in [0, 0.05) is 12.2 Å². The molecule has 0 fully saturated rings. The number of fused-ring (bicyclic) bond motifs is 1. The Morgan fingerprint density at radius 3 is 2.42 bits per heavy atom. The van der Waals surface area contributed by atoms with Gasteiger partial charge >= 0.3 is 6.03 Å². The van der Waals surface area contributed by atoms with Crippen molar-refractivity contribution in [2.75, 3.05) is 11.9 Å². The van der Waals surface area contributed by atoms with E-state index >= 15 is 0 Å². The first-order chi connectivity index (χ1) is 17.3. The summed E-state index contributed by atoms with van der Waals surface area (Å²) in [7, 11) is 0. The number of benzene rings is 3. The zero-order chi connectivity index (χ0) is 26.0. The molecule has 1 heterocycles. The van der Waals surface area contributed by atoms with Gasteiger partial charge in [-0.25, -0.2) is 14.2 Å². The zero-order valence-electron chi connectivity index (χ0n) is 20.7. The Balaban J connectivity index is 1.88. The molecule has 1 atom stereocenters. The van der Waals surface area contributed by atoms with E-state index in [4.69, 9.17) is 16.6 Å². The number of hydrogen-bond donors (Lipinski definition) is 1. The van der Waals surface area contributed by atoms with Gasteiger partial charge < -0.3 is 10.2 Å². The van der Waals surface area contributed by atoms with Crippen LogP contribution in [0.1, 0.15) is 43.3 Å². The molecule has 4 aromatic rings. The number of nitrogens with one attached hydrogen (secondary N) is 1. The molecular weight excluding hydrogens is 479 g/mol. The average molecular weight is 507 g/mol. The predicted octanol–water partition coefficient (Wildman–Crippen LogP) is 6.80. The van der Waals surface area contributed by atoms with E-state index in [1.165, 1.54) is 22.8 Å². The highest BCUT2D eigenvalue weighted by molar-refractivity contribution is 6.30. The molecule has 0 spiro atoms. The van der Waals surface area contributed by atoms with E-state index in [1.54, 1.807) is 23.1 Å². The van der Waals surface area contributed by atoms with Crippen molar-refractivity contribution < 1.29 is 9.18 Å². The summed E-state index contributed by atoms with van der Waals surface area (Å²) in [6, 6.07) is 16.1. The highest BCUT2D eigenvalue weighted by atomic mass is 35.5. The second-order valence-corrected chi connectivity index (χ2v) is 9.04. The van der Waals surface area contributed by atoms with Crippen molar-refractivity contribution in [3.63, 3.8) is 0 Å². The maximum absolute atomic E-state index is 14.0. The molecule has 1 N–H and O–H groups in total. The molecule has 4 rings (SSSR count). The van der Waals surface area contributed by atoms with Crippen LogP contribution in [-0.4, -0.2) is 27.0 Å². The predicted molar refractivity (Wildman–Crippen MR) is 143 cm³/mol. The minimum absolute atomic E-state index is 0.105. The molecule has 1 unspecified atom stereocenters. The lowest BCUT2D eigenvalue weighted by molar-refractivity contribution is 0.185. The van der Waals surface area contributed by atoms with Crippen LogP contribution in [0.4, 0.5) is 14.9 Å². The smallest absolute Gasteiger partial charge is 0.315 e. The van der Waals surface area contributed by atoms with E-state index in [0.717, 1.165) is 16.8 Å². The highest BCUT2D eigenvalue weighted by Gasteiger charge is 2.29. The molecule has 0 aliphatic carbocycles. The number of para-hydroxylation sites is 2. The molecular formula is C28H28ClFN4O2.